The topological polar surface area (TPSA) is 75.3 Å². The highest BCUT2D eigenvalue weighted by molar-refractivity contribution is 7.92. The van der Waals surface area contributed by atoms with Gasteiger partial charge in [0.1, 0.15) is 0 Å². The van der Waals surface area contributed by atoms with Gasteiger partial charge in [-0.05, 0) is 18.2 Å². The molecule has 0 aliphatic carbocycles. The van der Waals surface area contributed by atoms with Gasteiger partial charge in [0.15, 0.2) is 0 Å². The number of benzene rings is 1. The van der Waals surface area contributed by atoms with E-state index in [0.717, 1.165) is 19.2 Å². The Hall–Kier alpha value is -1.77. The van der Waals surface area contributed by atoms with Crippen LogP contribution in [0.5, 0.6) is 0 Å². The summed E-state index contributed by atoms with van der Waals surface area (Å²) in [6.07, 6.45) is -4.00. The minimum absolute atomic E-state index is 0.0705. The third-order valence-corrected chi connectivity index (χ3v) is 2.53. The molecule has 0 unspecified atom stereocenters. The number of sulfonamides is 1. The van der Waals surface area contributed by atoms with Crippen molar-refractivity contribution in [2.24, 2.45) is 0 Å². The van der Waals surface area contributed by atoms with Gasteiger partial charge in [0.2, 0.25) is 15.9 Å². The Morgan fingerprint density at radius 2 is 1.84 bits per heavy atom. The first kappa shape index (κ1) is 15.3. The number of carbonyl (C=O) groups is 1. The summed E-state index contributed by atoms with van der Waals surface area (Å²) in [6, 6.07) is 2.77. The Labute approximate surface area is 107 Å². The maximum Gasteiger partial charge on any atom is 0.418 e. The van der Waals surface area contributed by atoms with Crippen LogP contribution in [0.3, 0.4) is 0 Å². The Morgan fingerprint density at radius 3 is 2.26 bits per heavy atom. The van der Waals surface area contributed by atoms with Crippen molar-refractivity contribution in [3.63, 3.8) is 0 Å². The summed E-state index contributed by atoms with van der Waals surface area (Å²) in [6.45, 7) is 1.15. The second kappa shape index (κ2) is 5.08. The normalized spacial score (nSPS) is 12.1. The molecule has 0 atom stereocenters. The van der Waals surface area contributed by atoms with Crippen LogP contribution in [0.2, 0.25) is 0 Å². The molecular formula is C10H11F3N2O3S. The Balaban J connectivity index is 3.29. The van der Waals surface area contributed by atoms with Gasteiger partial charge in [0.05, 0.1) is 17.5 Å². The first-order chi connectivity index (χ1) is 8.49. The van der Waals surface area contributed by atoms with Gasteiger partial charge in [0.25, 0.3) is 0 Å². The summed E-state index contributed by atoms with van der Waals surface area (Å²) in [4.78, 5) is 10.8. The smallest absolute Gasteiger partial charge is 0.326 e. The lowest BCUT2D eigenvalue weighted by atomic mass is 10.1. The number of anilines is 2. The van der Waals surface area contributed by atoms with E-state index in [1.165, 1.54) is 6.07 Å². The van der Waals surface area contributed by atoms with E-state index in [4.69, 9.17) is 0 Å². The molecule has 1 amide bonds. The van der Waals surface area contributed by atoms with Gasteiger partial charge in [-0.25, -0.2) is 8.42 Å². The zero-order valence-electron chi connectivity index (χ0n) is 10.00. The van der Waals surface area contributed by atoms with Crippen LogP contribution in [0.4, 0.5) is 24.5 Å². The molecule has 2 N–H and O–H groups in total. The van der Waals surface area contributed by atoms with E-state index in [1.54, 1.807) is 4.72 Å². The van der Waals surface area contributed by atoms with E-state index >= 15 is 0 Å². The van der Waals surface area contributed by atoms with Crippen molar-refractivity contribution in [2.75, 3.05) is 16.3 Å². The van der Waals surface area contributed by atoms with Gasteiger partial charge in [-0.1, -0.05) is 0 Å². The molecule has 0 fully saturated rings. The van der Waals surface area contributed by atoms with Gasteiger partial charge in [-0.15, -0.1) is 0 Å². The summed E-state index contributed by atoms with van der Waals surface area (Å²) in [7, 11) is -3.83. The fourth-order valence-electron chi connectivity index (χ4n) is 1.35. The third kappa shape index (κ3) is 4.78. The fourth-order valence-corrected chi connectivity index (χ4v) is 1.93. The molecule has 9 heteroatoms. The molecule has 1 rings (SSSR count). The maximum absolute atomic E-state index is 12.8. The van der Waals surface area contributed by atoms with Gasteiger partial charge >= 0.3 is 6.18 Å². The molecule has 1 aromatic rings. The summed E-state index contributed by atoms with van der Waals surface area (Å²) in [5, 5.41) is 2.19. The summed E-state index contributed by atoms with van der Waals surface area (Å²) >= 11 is 0. The number of rotatable bonds is 3. The zero-order chi connectivity index (χ0) is 14.8. The van der Waals surface area contributed by atoms with E-state index in [1.807, 2.05) is 0 Å². The highest BCUT2D eigenvalue weighted by atomic mass is 32.2. The molecule has 0 aromatic heterocycles. The number of amides is 1. The molecule has 1 aromatic carbocycles. The van der Waals surface area contributed by atoms with Crippen LogP contribution in [0, 0.1) is 0 Å². The van der Waals surface area contributed by atoms with E-state index in [-0.39, 0.29) is 5.69 Å². The molecular weight excluding hydrogens is 285 g/mol. The highest BCUT2D eigenvalue weighted by Crippen LogP contribution is 2.36. The van der Waals surface area contributed by atoms with E-state index in [0.29, 0.717) is 6.07 Å². The molecule has 0 radical (unpaired) electrons. The van der Waals surface area contributed by atoms with E-state index in [2.05, 4.69) is 5.32 Å². The second-order valence-electron chi connectivity index (χ2n) is 3.81. The van der Waals surface area contributed by atoms with Crippen molar-refractivity contribution < 1.29 is 26.4 Å². The third-order valence-electron chi connectivity index (χ3n) is 1.94. The van der Waals surface area contributed by atoms with Gasteiger partial charge < -0.3 is 5.32 Å². The van der Waals surface area contributed by atoms with Crippen molar-refractivity contribution in [3.05, 3.63) is 23.8 Å². The fraction of sp³-hybridized carbons (Fsp3) is 0.300. The molecule has 0 saturated carbocycles. The standard InChI is InChI=1S/C10H11F3N2O3S/c1-6(16)14-7-3-4-9(15-19(2,17)18)8(5-7)10(11,12)13/h3-5,15H,1-2H3,(H,14,16). The molecule has 106 valence electrons. The monoisotopic (exact) mass is 296 g/mol. The van der Waals surface area contributed by atoms with Crippen LogP contribution in [-0.4, -0.2) is 20.6 Å². The van der Waals surface area contributed by atoms with Crippen molar-refractivity contribution in [1.29, 1.82) is 0 Å². The lowest BCUT2D eigenvalue weighted by Crippen LogP contribution is -2.16. The molecule has 19 heavy (non-hydrogen) atoms. The van der Waals surface area contributed by atoms with Crippen molar-refractivity contribution >= 4 is 27.3 Å². The first-order valence-corrected chi connectivity index (χ1v) is 6.85. The Morgan fingerprint density at radius 1 is 1.26 bits per heavy atom. The predicted octanol–water partition coefficient (Wildman–Crippen LogP) is 2.04. The quantitative estimate of drug-likeness (QED) is 0.896. The Bertz CT molecular complexity index is 597. The number of halogens is 3. The predicted molar refractivity (Wildman–Crippen MR) is 64.2 cm³/mol. The second-order valence-corrected chi connectivity index (χ2v) is 5.56. The van der Waals surface area contributed by atoms with Gasteiger partial charge in [0, 0.05) is 12.6 Å². The van der Waals surface area contributed by atoms with Crippen LogP contribution in [0.15, 0.2) is 18.2 Å². The molecule has 0 spiro atoms. The van der Waals surface area contributed by atoms with Crippen LogP contribution in [-0.2, 0) is 21.0 Å². The van der Waals surface area contributed by atoms with Crippen LogP contribution in [0.1, 0.15) is 12.5 Å². The van der Waals surface area contributed by atoms with Crippen molar-refractivity contribution in [1.82, 2.24) is 0 Å². The summed E-state index contributed by atoms with van der Waals surface area (Å²) in [5.74, 6) is -0.531. The van der Waals surface area contributed by atoms with Crippen LogP contribution >= 0.6 is 0 Å². The largest absolute Gasteiger partial charge is 0.418 e. The molecule has 0 bridgehead atoms. The maximum atomic E-state index is 12.8. The van der Waals surface area contributed by atoms with Crippen molar-refractivity contribution in [3.8, 4) is 0 Å². The molecule has 0 heterocycles. The lowest BCUT2D eigenvalue weighted by molar-refractivity contribution is -0.136. The van der Waals surface area contributed by atoms with Crippen LogP contribution in [0.25, 0.3) is 0 Å². The SMILES string of the molecule is CC(=O)Nc1ccc(NS(C)(=O)=O)c(C(F)(F)F)c1. The minimum atomic E-state index is -4.75. The van der Waals surface area contributed by atoms with Gasteiger partial charge in [-0.2, -0.15) is 13.2 Å². The van der Waals surface area contributed by atoms with E-state index < -0.39 is 33.4 Å². The molecule has 0 aliphatic rings. The van der Waals surface area contributed by atoms with Crippen molar-refractivity contribution in [2.45, 2.75) is 13.1 Å². The zero-order valence-corrected chi connectivity index (χ0v) is 10.8. The number of carbonyl (C=O) groups excluding carboxylic acids is 1. The average molecular weight is 296 g/mol. The van der Waals surface area contributed by atoms with Crippen LogP contribution < -0.4 is 10.0 Å². The summed E-state index contributed by atoms with van der Waals surface area (Å²) < 4.78 is 62.1. The first-order valence-electron chi connectivity index (χ1n) is 4.95. The minimum Gasteiger partial charge on any atom is -0.326 e. The molecule has 0 saturated heterocycles. The highest BCUT2D eigenvalue weighted by Gasteiger charge is 2.34. The Kier molecular flexibility index (Phi) is 4.09. The number of hydrogen-bond acceptors (Lipinski definition) is 3. The summed E-state index contributed by atoms with van der Waals surface area (Å²) in [5.41, 5.74) is -1.84. The molecule has 0 aliphatic heterocycles. The number of alkyl halides is 3. The number of nitrogens with one attached hydrogen (secondary N) is 2. The van der Waals surface area contributed by atoms with Gasteiger partial charge in [-0.3, -0.25) is 9.52 Å². The molecule has 5 nitrogen and oxygen atoms in total. The average Bonchev–Trinajstić information content (AvgIpc) is 2.15. The number of hydrogen-bond donors (Lipinski definition) is 2. The lowest BCUT2D eigenvalue weighted by Gasteiger charge is -2.15. The van der Waals surface area contributed by atoms with E-state index in [9.17, 15) is 26.4 Å².